The summed E-state index contributed by atoms with van der Waals surface area (Å²) in [6.45, 7) is 2.25. The summed E-state index contributed by atoms with van der Waals surface area (Å²) in [6, 6.07) is 13.5. The second-order valence-corrected chi connectivity index (χ2v) is 9.63. The molecule has 2 saturated heterocycles. The van der Waals surface area contributed by atoms with Gasteiger partial charge in [0, 0.05) is 37.8 Å². The number of carbonyl (C=O) groups excluding carboxylic acids is 3. The highest BCUT2D eigenvalue weighted by Gasteiger charge is 2.31. The molecule has 0 radical (unpaired) electrons. The normalized spacial score (nSPS) is 18.6. The highest BCUT2D eigenvalue weighted by Crippen LogP contribution is 2.21. The highest BCUT2D eigenvalue weighted by atomic mass is 19.1. The van der Waals surface area contributed by atoms with Crippen LogP contribution in [0.25, 0.3) is 0 Å². The molecule has 2 heterocycles. The molecule has 0 spiro atoms. The number of hydrogen-bond acceptors (Lipinski definition) is 4. The Morgan fingerprint density at radius 3 is 2.33 bits per heavy atom. The molecule has 1 unspecified atom stereocenters. The summed E-state index contributed by atoms with van der Waals surface area (Å²) in [4.78, 5) is 42.1. The molecule has 2 aromatic rings. The largest absolute Gasteiger partial charge is 0.496 e. The van der Waals surface area contributed by atoms with Crippen molar-refractivity contribution in [2.24, 2.45) is 5.92 Å². The summed E-state index contributed by atoms with van der Waals surface area (Å²) in [5.74, 6) is 0.153. The van der Waals surface area contributed by atoms with Crippen molar-refractivity contribution in [2.75, 3.05) is 33.3 Å². The Labute approximate surface area is 211 Å². The maximum absolute atomic E-state index is 13.1. The molecule has 8 heteroatoms. The molecule has 0 saturated carbocycles. The van der Waals surface area contributed by atoms with Crippen molar-refractivity contribution in [1.29, 1.82) is 0 Å². The van der Waals surface area contributed by atoms with Crippen molar-refractivity contribution in [1.82, 2.24) is 15.1 Å². The van der Waals surface area contributed by atoms with Gasteiger partial charge < -0.3 is 19.9 Å². The Morgan fingerprint density at radius 1 is 0.917 bits per heavy atom. The van der Waals surface area contributed by atoms with Gasteiger partial charge in [0.2, 0.25) is 17.7 Å². The number of likely N-dealkylation sites (tertiary alicyclic amines) is 2. The third-order valence-electron chi connectivity index (χ3n) is 7.14. The van der Waals surface area contributed by atoms with E-state index in [0.29, 0.717) is 51.2 Å². The first-order chi connectivity index (χ1) is 17.4. The first-order valence-electron chi connectivity index (χ1n) is 12.6. The van der Waals surface area contributed by atoms with Crippen LogP contribution < -0.4 is 10.1 Å². The number of halogens is 1. The fourth-order valence-corrected chi connectivity index (χ4v) is 5.02. The third-order valence-corrected chi connectivity index (χ3v) is 7.14. The molecule has 3 amide bonds. The van der Waals surface area contributed by atoms with Gasteiger partial charge >= 0.3 is 0 Å². The van der Waals surface area contributed by atoms with Crippen LogP contribution in [-0.2, 0) is 27.2 Å². The lowest BCUT2D eigenvalue weighted by atomic mass is 9.95. The predicted octanol–water partition coefficient (Wildman–Crippen LogP) is 2.97. The Hall–Kier alpha value is -3.42. The number of nitrogens with one attached hydrogen (secondary N) is 1. The molecule has 7 nitrogen and oxygen atoms in total. The van der Waals surface area contributed by atoms with E-state index < -0.39 is 0 Å². The molecule has 2 fully saturated rings. The number of hydrogen-bond donors (Lipinski definition) is 1. The summed E-state index contributed by atoms with van der Waals surface area (Å²) in [6.07, 6.45) is 3.46. The van der Waals surface area contributed by atoms with E-state index in [4.69, 9.17) is 4.74 Å². The molecule has 1 atom stereocenters. The number of benzene rings is 2. The number of carbonyl (C=O) groups is 3. The van der Waals surface area contributed by atoms with Crippen LogP contribution in [-0.4, -0.2) is 66.9 Å². The lowest BCUT2D eigenvalue weighted by Crippen LogP contribution is -2.51. The van der Waals surface area contributed by atoms with E-state index in [9.17, 15) is 18.8 Å². The molecular formula is C28H34FN3O4. The van der Waals surface area contributed by atoms with Crippen molar-refractivity contribution in [3.8, 4) is 5.75 Å². The van der Waals surface area contributed by atoms with Gasteiger partial charge in [0.15, 0.2) is 0 Å². The molecule has 0 aromatic heterocycles. The van der Waals surface area contributed by atoms with Crippen LogP contribution >= 0.6 is 0 Å². The summed E-state index contributed by atoms with van der Waals surface area (Å²) >= 11 is 0. The lowest BCUT2D eigenvalue weighted by Gasteiger charge is -2.35. The number of rotatable bonds is 7. The monoisotopic (exact) mass is 495 g/mol. The van der Waals surface area contributed by atoms with Crippen molar-refractivity contribution in [2.45, 2.75) is 44.6 Å². The van der Waals surface area contributed by atoms with Gasteiger partial charge in [0.1, 0.15) is 11.6 Å². The smallest absolute Gasteiger partial charge is 0.227 e. The maximum Gasteiger partial charge on any atom is 0.227 e. The summed E-state index contributed by atoms with van der Waals surface area (Å²) in [7, 11) is 1.60. The zero-order valence-electron chi connectivity index (χ0n) is 20.7. The predicted molar refractivity (Wildman–Crippen MR) is 134 cm³/mol. The van der Waals surface area contributed by atoms with Gasteiger partial charge in [-0.3, -0.25) is 14.4 Å². The van der Waals surface area contributed by atoms with E-state index in [1.807, 2.05) is 29.2 Å². The van der Waals surface area contributed by atoms with Gasteiger partial charge in [-0.2, -0.15) is 0 Å². The molecule has 0 aliphatic carbocycles. The topological polar surface area (TPSA) is 79.0 Å². The Bertz CT molecular complexity index is 1070. The van der Waals surface area contributed by atoms with Gasteiger partial charge in [-0.15, -0.1) is 0 Å². The summed E-state index contributed by atoms with van der Waals surface area (Å²) in [5, 5.41) is 3.15. The van der Waals surface area contributed by atoms with E-state index in [0.717, 1.165) is 24.0 Å². The SMILES string of the molecule is COc1ccccc1CC(=O)N1CCC(NC(=O)C2CCCN(C(=O)Cc3ccc(F)cc3)C2)CC1. The second kappa shape index (κ2) is 12.0. The minimum atomic E-state index is -0.326. The lowest BCUT2D eigenvalue weighted by molar-refractivity contribution is -0.135. The molecule has 2 aliphatic rings. The van der Waals surface area contributed by atoms with Crippen LogP contribution in [0.15, 0.2) is 48.5 Å². The molecule has 192 valence electrons. The van der Waals surface area contributed by atoms with Crippen molar-refractivity contribution >= 4 is 17.7 Å². The van der Waals surface area contributed by atoms with E-state index in [1.165, 1.54) is 12.1 Å². The fourth-order valence-electron chi connectivity index (χ4n) is 5.02. The average Bonchev–Trinajstić information content (AvgIpc) is 2.90. The number of ether oxygens (including phenoxy) is 1. The minimum Gasteiger partial charge on any atom is -0.496 e. The minimum absolute atomic E-state index is 0.0203. The van der Waals surface area contributed by atoms with Gasteiger partial charge in [-0.25, -0.2) is 4.39 Å². The van der Waals surface area contributed by atoms with Gasteiger partial charge in [-0.1, -0.05) is 30.3 Å². The standard InChI is InChI=1S/C28H34FN3O4/c1-36-25-7-3-2-5-21(25)18-27(34)31-15-12-24(13-16-31)30-28(35)22-6-4-14-32(19-22)26(33)17-20-8-10-23(29)11-9-20/h2-3,5,7-11,22,24H,4,6,12-19H2,1H3,(H,30,35). The zero-order valence-corrected chi connectivity index (χ0v) is 20.7. The van der Waals surface area contributed by atoms with Crippen LogP contribution in [0, 0.1) is 11.7 Å². The van der Waals surface area contributed by atoms with Gasteiger partial charge in [-0.05, 0) is 49.4 Å². The van der Waals surface area contributed by atoms with Crippen LogP contribution in [0.3, 0.4) is 0 Å². The molecule has 36 heavy (non-hydrogen) atoms. The van der Waals surface area contributed by atoms with Crippen LogP contribution in [0.1, 0.15) is 36.8 Å². The van der Waals surface area contributed by atoms with E-state index in [2.05, 4.69) is 5.32 Å². The molecule has 1 N–H and O–H groups in total. The van der Waals surface area contributed by atoms with E-state index in [1.54, 1.807) is 24.1 Å². The number of amides is 3. The molecule has 2 aliphatic heterocycles. The van der Waals surface area contributed by atoms with E-state index in [-0.39, 0.29) is 41.9 Å². The molecule has 0 bridgehead atoms. The maximum atomic E-state index is 13.1. The van der Waals surface area contributed by atoms with E-state index >= 15 is 0 Å². The Balaban J connectivity index is 1.22. The number of methoxy groups -OCH3 is 1. The average molecular weight is 496 g/mol. The second-order valence-electron chi connectivity index (χ2n) is 9.63. The van der Waals surface area contributed by atoms with Crippen LogP contribution in [0.5, 0.6) is 5.75 Å². The zero-order chi connectivity index (χ0) is 25.5. The summed E-state index contributed by atoms with van der Waals surface area (Å²) in [5.41, 5.74) is 1.64. The number of piperidine rings is 2. The quantitative estimate of drug-likeness (QED) is 0.641. The highest BCUT2D eigenvalue weighted by molar-refractivity contribution is 5.83. The van der Waals surface area contributed by atoms with Crippen molar-refractivity contribution < 1.29 is 23.5 Å². The van der Waals surface area contributed by atoms with Crippen LogP contribution in [0.2, 0.25) is 0 Å². The number of para-hydroxylation sites is 1. The fraction of sp³-hybridized carbons (Fsp3) is 0.464. The first kappa shape index (κ1) is 25.7. The van der Waals surface area contributed by atoms with Crippen molar-refractivity contribution in [3.63, 3.8) is 0 Å². The Kier molecular flexibility index (Phi) is 8.57. The molecular weight excluding hydrogens is 461 g/mol. The molecule has 2 aromatic carbocycles. The third kappa shape index (κ3) is 6.62. The van der Waals surface area contributed by atoms with Gasteiger partial charge in [0.05, 0.1) is 25.9 Å². The first-order valence-corrected chi connectivity index (χ1v) is 12.6. The number of nitrogens with zero attached hydrogens (tertiary/aromatic N) is 2. The van der Waals surface area contributed by atoms with Gasteiger partial charge in [0.25, 0.3) is 0 Å². The van der Waals surface area contributed by atoms with Crippen molar-refractivity contribution in [3.05, 3.63) is 65.5 Å². The summed E-state index contributed by atoms with van der Waals surface area (Å²) < 4.78 is 18.5. The molecule has 4 rings (SSSR count). The van der Waals surface area contributed by atoms with Crippen LogP contribution in [0.4, 0.5) is 4.39 Å². The Morgan fingerprint density at radius 2 is 1.61 bits per heavy atom.